The van der Waals surface area contributed by atoms with Gasteiger partial charge in [-0.25, -0.2) is 0 Å². The fraction of sp³-hybridized carbons (Fsp3) is 0.826. The van der Waals surface area contributed by atoms with Crippen molar-refractivity contribution in [3.05, 3.63) is 0 Å². The second kappa shape index (κ2) is 9.21. The lowest BCUT2D eigenvalue weighted by Gasteiger charge is -2.58. The molecule has 0 spiro atoms. The maximum Gasteiger partial charge on any atom is 0.238 e. The zero-order valence-corrected chi connectivity index (χ0v) is 19.2. The summed E-state index contributed by atoms with van der Waals surface area (Å²) in [4.78, 5) is 29.0. The second-order valence-corrected chi connectivity index (χ2v) is 11.2. The van der Waals surface area contributed by atoms with Crippen LogP contribution in [0.4, 0.5) is 0 Å². The van der Waals surface area contributed by atoms with Crippen molar-refractivity contribution in [2.45, 2.75) is 62.7 Å². The van der Waals surface area contributed by atoms with Gasteiger partial charge in [0.15, 0.2) is 0 Å². The van der Waals surface area contributed by atoms with Crippen molar-refractivity contribution in [1.82, 2.24) is 20.4 Å². The Morgan fingerprint density at radius 1 is 0.906 bits per heavy atom. The lowest BCUT2D eigenvalue weighted by molar-refractivity contribution is -0.131. The van der Waals surface area contributed by atoms with Crippen LogP contribution in [-0.4, -0.2) is 77.0 Å². The van der Waals surface area contributed by atoms with Crippen LogP contribution < -0.4 is 10.6 Å². The molecule has 0 radical (unpaired) electrons. The molecule has 8 unspecified atom stereocenters. The van der Waals surface area contributed by atoms with Gasteiger partial charge in [-0.05, 0) is 62.2 Å². The Balaban J connectivity index is 1.20. The molecule has 6 aliphatic rings. The molecular formula is C23H32N6O2S. The molecule has 6 rings (SSSR count). The summed E-state index contributed by atoms with van der Waals surface area (Å²) in [6.45, 7) is 1.27. The highest BCUT2D eigenvalue weighted by Crippen LogP contribution is 2.53. The minimum Gasteiger partial charge on any atom is -0.326 e. The van der Waals surface area contributed by atoms with Gasteiger partial charge in [0.1, 0.15) is 12.1 Å². The number of thioether (sulfide) groups is 1. The lowest BCUT2D eigenvalue weighted by atomic mass is 9.52. The molecule has 4 bridgehead atoms. The highest BCUT2D eigenvalue weighted by molar-refractivity contribution is 7.99. The van der Waals surface area contributed by atoms with E-state index >= 15 is 0 Å². The average Bonchev–Trinajstić information content (AvgIpc) is 3.47. The van der Waals surface area contributed by atoms with Gasteiger partial charge in [-0.2, -0.15) is 10.5 Å². The summed E-state index contributed by atoms with van der Waals surface area (Å²) < 4.78 is 0. The van der Waals surface area contributed by atoms with Gasteiger partial charge >= 0.3 is 0 Å². The third kappa shape index (κ3) is 4.00. The maximum atomic E-state index is 12.8. The van der Waals surface area contributed by atoms with E-state index < -0.39 is 0 Å². The lowest BCUT2D eigenvalue weighted by Crippen LogP contribution is -2.65. The average molecular weight is 457 g/mol. The third-order valence-corrected chi connectivity index (χ3v) is 9.49. The number of rotatable bonds is 6. The summed E-state index contributed by atoms with van der Waals surface area (Å²) in [7, 11) is 0. The quantitative estimate of drug-likeness (QED) is 0.611. The zero-order chi connectivity index (χ0) is 22.2. The van der Waals surface area contributed by atoms with Crippen LogP contribution in [0.25, 0.3) is 0 Å². The van der Waals surface area contributed by atoms with Gasteiger partial charge in [-0.1, -0.05) is 0 Å². The van der Waals surface area contributed by atoms with Gasteiger partial charge in [0.2, 0.25) is 11.8 Å². The predicted octanol–water partition coefficient (Wildman–Crippen LogP) is 0.908. The highest BCUT2D eigenvalue weighted by atomic mass is 32.2. The first-order chi connectivity index (χ1) is 15.6. The molecule has 0 aromatic rings. The first kappa shape index (κ1) is 22.0. The molecule has 2 N–H and O–H groups in total. The van der Waals surface area contributed by atoms with Gasteiger partial charge in [0.05, 0.1) is 31.1 Å². The molecule has 8 atom stereocenters. The number of nitriles is 2. The number of carbonyl (C=O) groups excluding carboxylic acids is 2. The Morgan fingerprint density at radius 3 is 2.22 bits per heavy atom. The molecule has 0 aromatic heterocycles. The van der Waals surface area contributed by atoms with Crippen LogP contribution in [0.2, 0.25) is 0 Å². The van der Waals surface area contributed by atoms with Crippen molar-refractivity contribution in [2.75, 3.05) is 31.3 Å². The Kier molecular flexibility index (Phi) is 6.33. The topological polar surface area (TPSA) is 112 Å². The molecular weight excluding hydrogens is 424 g/mol. The van der Waals surface area contributed by atoms with Crippen molar-refractivity contribution in [3.8, 4) is 12.1 Å². The van der Waals surface area contributed by atoms with Crippen molar-refractivity contribution in [2.24, 2.45) is 23.7 Å². The van der Waals surface area contributed by atoms with Crippen molar-refractivity contribution in [1.29, 1.82) is 10.5 Å². The van der Waals surface area contributed by atoms with Gasteiger partial charge in [0, 0.05) is 24.4 Å². The van der Waals surface area contributed by atoms with Gasteiger partial charge < -0.3 is 20.4 Å². The molecule has 2 heterocycles. The first-order valence-electron chi connectivity index (χ1n) is 12.0. The van der Waals surface area contributed by atoms with E-state index in [1.807, 2.05) is 0 Å². The molecule has 9 heteroatoms. The molecule has 32 heavy (non-hydrogen) atoms. The largest absolute Gasteiger partial charge is 0.326 e. The number of hydrogen-bond donors (Lipinski definition) is 2. The first-order valence-corrected chi connectivity index (χ1v) is 13.2. The summed E-state index contributed by atoms with van der Waals surface area (Å²) in [5.41, 5.74) is 0. The fourth-order valence-electron chi connectivity index (χ4n) is 7.16. The number of carbonyl (C=O) groups is 2. The van der Waals surface area contributed by atoms with Crippen LogP contribution in [0.1, 0.15) is 38.5 Å². The Hall–Kier alpha value is -1.81. The van der Waals surface area contributed by atoms with E-state index in [2.05, 4.69) is 22.8 Å². The van der Waals surface area contributed by atoms with E-state index in [1.165, 1.54) is 12.8 Å². The molecule has 172 valence electrons. The van der Waals surface area contributed by atoms with Gasteiger partial charge in [-0.3, -0.25) is 9.59 Å². The number of amides is 2. The fourth-order valence-corrected chi connectivity index (χ4v) is 8.26. The molecule has 8 nitrogen and oxygen atoms in total. The maximum absolute atomic E-state index is 12.8. The molecule has 2 saturated heterocycles. The summed E-state index contributed by atoms with van der Waals surface area (Å²) in [5, 5.41) is 25.8. The summed E-state index contributed by atoms with van der Waals surface area (Å²) in [5.74, 6) is 3.75. The normalized spacial score (nSPS) is 39.8. The summed E-state index contributed by atoms with van der Waals surface area (Å²) in [6.07, 6.45) is 6.46. The monoisotopic (exact) mass is 456 g/mol. The highest BCUT2D eigenvalue weighted by Gasteiger charge is 2.53. The standard InChI is InChI=1S/C23H32N6O2S/c24-8-17-2-1-3-28(17)20(30)10-26-22-15-4-14-5-16(7-15)23(19(22)6-14)27-11-21(31)29-13-32-12-18(29)9-25/h14-19,22-23,26-27H,1-7,10-13H2. The van der Waals surface area contributed by atoms with Crippen molar-refractivity contribution in [3.63, 3.8) is 0 Å². The van der Waals surface area contributed by atoms with Crippen LogP contribution in [-0.2, 0) is 9.59 Å². The summed E-state index contributed by atoms with van der Waals surface area (Å²) in [6, 6.07) is 4.49. The Morgan fingerprint density at radius 2 is 1.56 bits per heavy atom. The number of nitrogens with one attached hydrogen (secondary N) is 2. The van der Waals surface area contributed by atoms with Crippen LogP contribution >= 0.6 is 11.8 Å². The van der Waals surface area contributed by atoms with E-state index in [0.717, 1.165) is 31.6 Å². The predicted molar refractivity (Wildman–Crippen MR) is 120 cm³/mol. The molecule has 4 saturated carbocycles. The van der Waals surface area contributed by atoms with E-state index in [-0.39, 0.29) is 42.5 Å². The smallest absolute Gasteiger partial charge is 0.238 e. The van der Waals surface area contributed by atoms with Crippen LogP contribution in [0, 0.1) is 46.3 Å². The second-order valence-electron chi connectivity index (χ2n) is 10.2. The Labute approximate surface area is 194 Å². The minimum absolute atomic E-state index is 0.0200. The van der Waals surface area contributed by atoms with E-state index in [4.69, 9.17) is 0 Å². The van der Waals surface area contributed by atoms with Gasteiger partial charge in [-0.15, -0.1) is 11.8 Å². The van der Waals surface area contributed by atoms with Crippen LogP contribution in [0.3, 0.4) is 0 Å². The van der Waals surface area contributed by atoms with E-state index in [9.17, 15) is 20.1 Å². The Bertz CT molecular complexity index is 775. The van der Waals surface area contributed by atoms with E-state index in [0.29, 0.717) is 42.5 Å². The molecule has 4 aliphatic carbocycles. The third-order valence-electron chi connectivity index (χ3n) is 8.47. The van der Waals surface area contributed by atoms with Crippen molar-refractivity contribution < 1.29 is 9.59 Å². The number of nitrogens with zero attached hydrogens (tertiary/aromatic N) is 4. The van der Waals surface area contributed by atoms with Crippen LogP contribution in [0.15, 0.2) is 0 Å². The number of hydrogen-bond acceptors (Lipinski definition) is 7. The van der Waals surface area contributed by atoms with Crippen molar-refractivity contribution >= 4 is 23.6 Å². The van der Waals surface area contributed by atoms with Crippen LogP contribution in [0.5, 0.6) is 0 Å². The molecule has 6 fully saturated rings. The zero-order valence-electron chi connectivity index (χ0n) is 18.4. The van der Waals surface area contributed by atoms with Gasteiger partial charge in [0.25, 0.3) is 0 Å². The minimum atomic E-state index is -0.309. The summed E-state index contributed by atoms with van der Waals surface area (Å²) >= 11 is 1.64. The molecule has 0 aromatic carbocycles. The number of likely N-dealkylation sites (tertiary alicyclic amines) is 1. The molecule has 2 amide bonds. The molecule has 2 aliphatic heterocycles. The van der Waals surface area contributed by atoms with E-state index in [1.54, 1.807) is 21.6 Å². The SMILES string of the molecule is N#CC1CCCN1C(=O)CNC1C2CC3CC(C2)C(NCC(=O)N2CSCC2C#N)C1C3.